The highest BCUT2D eigenvalue weighted by Gasteiger charge is 2.44. The van der Waals surface area contributed by atoms with Crippen molar-refractivity contribution in [3.63, 3.8) is 0 Å². The number of aliphatic hydroxyl groups excluding tert-OH is 1. The average molecular weight is 213 g/mol. The summed E-state index contributed by atoms with van der Waals surface area (Å²) in [7, 11) is 0. The first-order chi connectivity index (χ1) is 6.88. The van der Waals surface area contributed by atoms with Crippen molar-refractivity contribution in [1.29, 1.82) is 0 Å². The molecule has 0 aromatic carbocycles. The molecule has 0 spiro atoms. The minimum Gasteiger partial charge on any atom is -0.393 e. The van der Waals surface area contributed by atoms with E-state index in [-0.39, 0.29) is 18.2 Å². The Balaban J connectivity index is 2.56. The largest absolute Gasteiger partial charge is 0.393 e. The van der Waals surface area contributed by atoms with Gasteiger partial charge in [-0.1, -0.05) is 20.8 Å². The van der Waals surface area contributed by atoms with Gasteiger partial charge in [-0.15, -0.1) is 0 Å². The lowest BCUT2D eigenvalue weighted by Gasteiger charge is -2.18. The lowest BCUT2D eigenvalue weighted by molar-refractivity contribution is -0.141. The third-order valence-electron chi connectivity index (χ3n) is 2.88. The summed E-state index contributed by atoms with van der Waals surface area (Å²) in [5.74, 6) is -0.232. The summed E-state index contributed by atoms with van der Waals surface area (Å²) in [6.45, 7) is 5.78. The van der Waals surface area contributed by atoms with Gasteiger partial charge >= 0.3 is 0 Å². The molecule has 4 nitrogen and oxygen atoms in total. The molecule has 4 heteroatoms. The van der Waals surface area contributed by atoms with Gasteiger partial charge in [-0.25, -0.2) is 0 Å². The zero-order valence-electron chi connectivity index (χ0n) is 9.62. The van der Waals surface area contributed by atoms with Gasteiger partial charge < -0.3 is 5.11 Å². The van der Waals surface area contributed by atoms with Crippen molar-refractivity contribution in [3.05, 3.63) is 0 Å². The van der Waals surface area contributed by atoms with Gasteiger partial charge in [0.25, 0.3) is 0 Å². The van der Waals surface area contributed by atoms with Crippen molar-refractivity contribution in [2.45, 2.75) is 46.1 Å². The van der Waals surface area contributed by atoms with E-state index in [2.05, 4.69) is 0 Å². The first-order valence-electron chi connectivity index (χ1n) is 5.41. The predicted octanol–water partition coefficient (Wildman–Crippen LogP) is 0.933. The number of likely N-dealkylation sites (tertiary alicyclic amines) is 1. The number of hydrogen-bond donors (Lipinski definition) is 1. The minimum absolute atomic E-state index is 0.115. The number of hydrogen-bond acceptors (Lipinski definition) is 3. The number of nitrogens with zero attached hydrogens (tertiary/aromatic N) is 1. The fourth-order valence-corrected chi connectivity index (χ4v) is 1.74. The summed E-state index contributed by atoms with van der Waals surface area (Å²) in [6.07, 6.45) is 0.992. The Morgan fingerprint density at radius 3 is 2.47 bits per heavy atom. The molecule has 2 amide bonds. The zero-order chi connectivity index (χ0) is 11.6. The van der Waals surface area contributed by atoms with E-state index in [9.17, 15) is 14.7 Å². The maximum Gasteiger partial charge on any atom is 0.235 e. The maximum atomic E-state index is 11.8. The second-order valence-corrected chi connectivity index (χ2v) is 4.76. The van der Waals surface area contributed by atoms with Crippen LogP contribution in [0.4, 0.5) is 0 Å². The van der Waals surface area contributed by atoms with Gasteiger partial charge in [-0.3, -0.25) is 14.5 Å². The maximum absolute atomic E-state index is 11.8. The minimum atomic E-state index is -0.561. The molecule has 0 aromatic heterocycles. The fourth-order valence-electron chi connectivity index (χ4n) is 1.74. The van der Waals surface area contributed by atoms with E-state index in [1.807, 2.05) is 6.92 Å². The molecule has 15 heavy (non-hydrogen) atoms. The molecule has 1 unspecified atom stereocenters. The topological polar surface area (TPSA) is 57.6 Å². The van der Waals surface area contributed by atoms with E-state index in [0.29, 0.717) is 19.4 Å². The van der Waals surface area contributed by atoms with Crippen LogP contribution in [-0.2, 0) is 9.59 Å². The van der Waals surface area contributed by atoms with Crippen molar-refractivity contribution in [3.8, 4) is 0 Å². The molecule has 1 heterocycles. The molecule has 0 bridgehead atoms. The SMILES string of the molecule is CCC(O)CCN1C(=O)CC(C)(C)C1=O. The van der Waals surface area contributed by atoms with Crippen LogP contribution in [0.25, 0.3) is 0 Å². The highest BCUT2D eigenvalue weighted by atomic mass is 16.3. The third-order valence-corrected chi connectivity index (χ3v) is 2.88. The van der Waals surface area contributed by atoms with Gasteiger partial charge in [0.2, 0.25) is 11.8 Å². The fraction of sp³-hybridized carbons (Fsp3) is 0.818. The first kappa shape index (κ1) is 12.2. The summed E-state index contributed by atoms with van der Waals surface area (Å²) in [6, 6.07) is 0. The van der Waals surface area contributed by atoms with E-state index >= 15 is 0 Å². The van der Waals surface area contributed by atoms with Gasteiger partial charge in [0, 0.05) is 13.0 Å². The third kappa shape index (κ3) is 2.56. The van der Waals surface area contributed by atoms with Gasteiger partial charge in [0.1, 0.15) is 0 Å². The molecule has 1 saturated heterocycles. The Hall–Kier alpha value is -0.900. The number of carbonyl (C=O) groups is 2. The van der Waals surface area contributed by atoms with Crippen LogP contribution in [0, 0.1) is 5.41 Å². The van der Waals surface area contributed by atoms with Crippen molar-refractivity contribution in [2.24, 2.45) is 5.41 Å². The van der Waals surface area contributed by atoms with E-state index in [1.165, 1.54) is 4.90 Å². The van der Waals surface area contributed by atoms with Crippen LogP contribution in [0.1, 0.15) is 40.0 Å². The zero-order valence-corrected chi connectivity index (χ0v) is 9.62. The van der Waals surface area contributed by atoms with Crippen LogP contribution in [0.15, 0.2) is 0 Å². The number of aliphatic hydroxyl groups is 1. The summed E-state index contributed by atoms with van der Waals surface area (Å²) < 4.78 is 0. The van der Waals surface area contributed by atoms with Gasteiger partial charge in [0.05, 0.1) is 11.5 Å². The summed E-state index contributed by atoms with van der Waals surface area (Å²) in [5.41, 5.74) is -0.561. The molecular weight excluding hydrogens is 194 g/mol. The second kappa shape index (κ2) is 4.31. The second-order valence-electron chi connectivity index (χ2n) is 4.76. The standard InChI is InChI=1S/C11H19NO3/c1-4-8(13)5-6-12-9(14)7-11(2,3)10(12)15/h8,13H,4-7H2,1-3H3. The highest BCUT2D eigenvalue weighted by molar-refractivity contribution is 6.05. The van der Waals surface area contributed by atoms with E-state index in [0.717, 1.165) is 0 Å². The smallest absolute Gasteiger partial charge is 0.235 e. The van der Waals surface area contributed by atoms with Gasteiger partial charge in [0.15, 0.2) is 0 Å². The Labute approximate surface area is 90.3 Å². The molecule has 1 atom stereocenters. The van der Waals surface area contributed by atoms with Crippen molar-refractivity contribution >= 4 is 11.8 Å². The Morgan fingerprint density at radius 1 is 1.47 bits per heavy atom. The lowest BCUT2D eigenvalue weighted by Crippen LogP contribution is -2.35. The van der Waals surface area contributed by atoms with Crippen LogP contribution < -0.4 is 0 Å². The van der Waals surface area contributed by atoms with E-state index in [4.69, 9.17) is 0 Å². The average Bonchev–Trinajstić information content (AvgIpc) is 2.34. The predicted molar refractivity (Wildman–Crippen MR) is 56.0 cm³/mol. The van der Waals surface area contributed by atoms with Crippen LogP contribution in [-0.4, -0.2) is 34.5 Å². The molecule has 0 radical (unpaired) electrons. The Kier molecular flexibility index (Phi) is 3.50. The molecule has 1 fully saturated rings. The van der Waals surface area contributed by atoms with Crippen molar-refractivity contribution < 1.29 is 14.7 Å². The highest BCUT2D eigenvalue weighted by Crippen LogP contribution is 2.31. The summed E-state index contributed by atoms with van der Waals surface area (Å²) >= 11 is 0. The molecule has 86 valence electrons. The number of imide groups is 1. The van der Waals surface area contributed by atoms with Crippen molar-refractivity contribution in [2.75, 3.05) is 6.54 Å². The molecule has 1 N–H and O–H groups in total. The molecule has 1 aliphatic rings. The van der Waals surface area contributed by atoms with Crippen LogP contribution in [0.5, 0.6) is 0 Å². The molecule has 0 aliphatic carbocycles. The lowest BCUT2D eigenvalue weighted by atomic mass is 9.92. The van der Waals surface area contributed by atoms with Crippen LogP contribution in [0.2, 0.25) is 0 Å². The normalized spacial score (nSPS) is 22.3. The molecule has 1 rings (SSSR count). The molecule has 1 aliphatic heterocycles. The monoisotopic (exact) mass is 213 g/mol. The van der Waals surface area contributed by atoms with Crippen LogP contribution >= 0.6 is 0 Å². The summed E-state index contributed by atoms with van der Waals surface area (Å²) in [5, 5.41) is 9.37. The number of rotatable bonds is 4. The number of carbonyl (C=O) groups excluding carboxylic acids is 2. The Morgan fingerprint density at radius 2 is 2.07 bits per heavy atom. The first-order valence-corrected chi connectivity index (χ1v) is 5.41. The van der Waals surface area contributed by atoms with E-state index < -0.39 is 11.5 Å². The molecule has 0 aromatic rings. The Bertz CT molecular complexity index is 273. The van der Waals surface area contributed by atoms with Crippen molar-refractivity contribution in [1.82, 2.24) is 4.90 Å². The molecular formula is C11H19NO3. The summed E-state index contributed by atoms with van der Waals surface area (Å²) in [4.78, 5) is 24.6. The quantitative estimate of drug-likeness (QED) is 0.707. The van der Waals surface area contributed by atoms with Gasteiger partial charge in [-0.05, 0) is 12.8 Å². The van der Waals surface area contributed by atoms with E-state index in [1.54, 1.807) is 13.8 Å². The molecule has 0 saturated carbocycles. The van der Waals surface area contributed by atoms with Gasteiger partial charge in [-0.2, -0.15) is 0 Å². The number of amides is 2. The van der Waals surface area contributed by atoms with Crippen LogP contribution in [0.3, 0.4) is 0 Å².